The second kappa shape index (κ2) is 14.2. The predicted octanol–water partition coefficient (Wildman–Crippen LogP) is 7.24. The highest BCUT2D eigenvalue weighted by Crippen LogP contribution is 2.39. The Kier molecular flexibility index (Phi) is 12.8. The summed E-state index contributed by atoms with van der Waals surface area (Å²) in [6.45, 7) is 13.2. The quantitative estimate of drug-likeness (QED) is 0.562. The van der Waals surface area contributed by atoms with Crippen LogP contribution in [-0.4, -0.2) is 31.1 Å². The number of rotatable bonds is 5. The van der Waals surface area contributed by atoms with Crippen LogP contribution in [-0.2, 0) is 0 Å². The maximum Gasteiger partial charge on any atom is 0.0146 e. The van der Waals surface area contributed by atoms with Crippen LogP contribution in [0.2, 0.25) is 0 Å². The van der Waals surface area contributed by atoms with E-state index in [1.54, 1.807) is 5.56 Å². The van der Waals surface area contributed by atoms with Gasteiger partial charge in [0.25, 0.3) is 0 Å². The molecule has 1 saturated carbocycles. The first-order valence-electron chi connectivity index (χ1n) is 12.5. The van der Waals surface area contributed by atoms with Gasteiger partial charge in [0.15, 0.2) is 0 Å². The van der Waals surface area contributed by atoms with E-state index in [0.29, 0.717) is 5.41 Å². The van der Waals surface area contributed by atoms with Gasteiger partial charge in [-0.05, 0) is 81.5 Å². The molecule has 0 spiro atoms. The van der Waals surface area contributed by atoms with Crippen LogP contribution in [0.3, 0.4) is 0 Å². The molecular weight excluding hydrogens is 352 g/mol. The van der Waals surface area contributed by atoms with E-state index in [9.17, 15) is 0 Å². The molecule has 1 heterocycles. The van der Waals surface area contributed by atoms with Gasteiger partial charge in [0.2, 0.25) is 0 Å². The van der Waals surface area contributed by atoms with E-state index in [-0.39, 0.29) is 0 Å². The van der Waals surface area contributed by atoms with E-state index in [4.69, 9.17) is 5.73 Å². The molecule has 3 rings (SSSR count). The minimum atomic E-state index is 0.470. The Morgan fingerprint density at radius 1 is 1.07 bits per heavy atom. The number of hydrogen-bond donors (Lipinski definition) is 1. The third kappa shape index (κ3) is 8.42. The van der Waals surface area contributed by atoms with Crippen molar-refractivity contribution in [3.8, 4) is 0 Å². The van der Waals surface area contributed by atoms with Gasteiger partial charge < -0.3 is 10.6 Å². The number of likely N-dealkylation sites (tertiary alicyclic amines) is 1. The summed E-state index contributed by atoms with van der Waals surface area (Å²) in [7, 11) is 2.27. The summed E-state index contributed by atoms with van der Waals surface area (Å²) in [5, 5.41) is 0. The minimum Gasteiger partial charge on any atom is -0.330 e. The molecule has 1 aliphatic carbocycles. The van der Waals surface area contributed by atoms with Gasteiger partial charge in [0.1, 0.15) is 0 Å². The van der Waals surface area contributed by atoms with Gasteiger partial charge in [-0.1, -0.05) is 84.2 Å². The summed E-state index contributed by atoms with van der Waals surface area (Å²) in [5.74, 6) is 1.80. The van der Waals surface area contributed by atoms with Crippen LogP contribution in [0.25, 0.3) is 0 Å². The van der Waals surface area contributed by atoms with Crippen molar-refractivity contribution in [2.24, 2.45) is 17.1 Å². The van der Waals surface area contributed by atoms with Crippen molar-refractivity contribution in [1.29, 1.82) is 0 Å². The lowest BCUT2D eigenvalue weighted by Gasteiger charge is -2.47. The molecule has 0 amide bonds. The molecule has 1 aromatic carbocycles. The molecule has 0 aromatic heterocycles. The Balaban J connectivity index is 0.000000268. The number of nitrogens with zero attached hydrogens (tertiary/aromatic N) is 1. The SMILES string of the molecule is CC.CC1CCC(c2ccccc2)CC1.CCCC1N(C)CCCC1(C)CCN. The maximum absolute atomic E-state index is 5.73. The van der Waals surface area contributed by atoms with Crippen LogP contribution in [0.5, 0.6) is 0 Å². The van der Waals surface area contributed by atoms with Gasteiger partial charge in [-0.3, -0.25) is 0 Å². The van der Waals surface area contributed by atoms with Crippen molar-refractivity contribution in [3.05, 3.63) is 35.9 Å². The van der Waals surface area contributed by atoms with Gasteiger partial charge >= 0.3 is 0 Å². The van der Waals surface area contributed by atoms with Crippen LogP contribution >= 0.6 is 0 Å². The molecule has 2 nitrogen and oxygen atoms in total. The Labute approximate surface area is 182 Å². The van der Waals surface area contributed by atoms with E-state index >= 15 is 0 Å². The smallest absolute Gasteiger partial charge is 0.0146 e. The number of piperidine rings is 1. The number of hydrogen-bond acceptors (Lipinski definition) is 2. The number of nitrogens with two attached hydrogens (primary N) is 1. The van der Waals surface area contributed by atoms with Gasteiger partial charge in [-0.2, -0.15) is 0 Å². The molecule has 2 aliphatic rings. The Hall–Kier alpha value is -0.860. The van der Waals surface area contributed by atoms with Crippen molar-refractivity contribution < 1.29 is 0 Å². The monoisotopic (exact) mass is 402 g/mol. The van der Waals surface area contributed by atoms with Crippen molar-refractivity contribution in [2.75, 3.05) is 20.1 Å². The van der Waals surface area contributed by atoms with Crippen LogP contribution in [0.15, 0.2) is 30.3 Å². The van der Waals surface area contributed by atoms with Gasteiger partial charge in [-0.25, -0.2) is 0 Å². The van der Waals surface area contributed by atoms with Gasteiger partial charge in [0.05, 0.1) is 0 Å². The molecule has 2 atom stereocenters. The molecule has 29 heavy (non-hydrogen) atoms. The summed E-state index contributed by atoms with van der Waals surface area (Å²) in [6.07, 6.45) is 12.1. The van der Waals surface area contributed by atoms with E-state index in [0.717, 1.165) is 24.4 Å². The van der Waals surface area contributed by atoms with Crippen LogP contribution in [0.1, 0.15) is 104 Å². The van der Waals surface area contributed by atoms with Crippen LogP contribution in [0.4, 0.5) is 0 Å². The van der Waals surface area contributed by atoms with Crippen molar-refractivity contribution in [2.45, 2.75) is 104 Å². The van der Waals surface area contributed by atoms with Crippen molar-refractivity contribution in [1.82, 2.24) is 4.90 Å². The summed E-state index contributed by atoms with van der Waals surface area (Å²) in [5.41, 5.74) is 7.75. The highest BCUT2D eigenvalue weighted by molar-refractivity contribution is 5.19. The maximum atomic E-state index is 5.73. The van der Waals surface area contributed by atoms with Gasteiger partial charge in [-0.15, -0.1) is 0 Å². The molecule has 2 unspecified atom stereocenters. The average Bonchev–Trinajstić information content (AvgIpc) is 2.74. The third-order valence-corrected chi connectivity index (χ3v) is 7.16. The minimum absolute atomic E-state index is 0.470. The Bertz CT molecular complexity index is 503. The van der Waals surface area contributed by atoms with E-state index in [1.807, 2.05) is 13.8 Å². The Morgan fingerprint density at radius 3 is 2.24 bits per heavy atom. The zero-order chi connectivity index (χ0) is 21.7. The number of benzene rings is 1. The molecule has 1 aliphatic heterocycles. The first-order chi connectivity index (χ1) is 14.0. The second-order valence-corrected chi connectivity index (χ2v) is 9.45. The van der Waals surface area contributed by atoms with E-state index in [1.165, 1.54) is 64.3 Å². The second-order valence-electron chi connectivity index (χ2n) is 9.45. The lowest BCUT2D eigenvalue weighted by molar-refractivity contribution is 0.0331. The average molecular weight is 403 g/mol. The third-order valence-electron chi connectivity index (χ3n) is 7.16. The lowest BCUT2D eigenvalue weighted by atomic mass is 9.71. The predicted molar refractivity (Wildman–Crippen MR) is 131 cm³/mol. The fourth-order valence-electron chi connectivity index (χ4n) is 5.37. The van der Waals surface area contributed by atoms with Crippen molar-refractivity contribution >= 4 is 0 Å². The summed E-state index contributed by atoms with van der Waals surface area (Å²) in [6, 6.07) is 11.7. The molecule has 168 valence electrons. The zero-order valence-corrected chi connectivity index (χ0v) is 20.4. The summed E-state index contributed by atoms with van der Waals surface area (Å²) < 4.78 is 0. The highest BCUT2D eigenvalue weighted by atomic mass is 15.1. The van der Waals surface area contributed by atoms with Crippen LogP contribution < -0.4 is 5.73 Å². The molecule has 0 bridgehead atoms. The summed E-state index contributed by atoms with van der Waals surface area (Å²) >= 11 is 0. The molecule has 1 saturated heterocycles. The zero-order valence-electron chi connectivity index (χ0n) is 20.4. The molecule has 1 aromatic rings. The van der Waals surface area contributed by atoms with Gasteiger partial charge in [0, 0.05) is 6.04 Å². The summed E-state index contributed by atoms with van der Waals surface area (Å²) in [4.78, 5) is 2.54. The normalized spacial score (nSPS) is 29.8. The lowest BCUT2D eigenvalue weighted by Crippen LogP contribution is -2.49. The molecule has 2 heteroatoms. The molecular formula is C27H50N2. The van der Waals surface area contributed by atoms with E-state index < -0.39 is 0 Å². The fourth-order valence-corrected chi connectivity index (χ4v) is 5.37. The van der Waals surface area contributed by atoms with Crippen molar-refractivity contribution in [3.63, 3.8) is 0 Å². The first kappa shape index (κ1) is 26.2. The molecule has 0 radical (unpaired) electrons. The Morgan fingerprint density at radius 2 is 1.69 bits per heavy atom. The topological polar surface area (TPSA) is 29.3 Å². The fraction of sp³-hybridized carbons (Fsp3) is 0.778. The molecule has 2 N–H and O–H groups in total. The van der Waals surface area contributed by atoms with E-state index in [2.05, 4.69) is 63.1 Å². The molecule has 2 fully saturated rings. The van der Waals surface area contributed by atoms with Crippen LogP contribution in [0, 0.1) is 11.3 Å². The standard InChI is InChI=1S/C13H18.C12H26N2.C2H6/c1-11-7-9-13(10-8-11)12-5-3-2-4-6-12;1-4-6-11-12(2,8-9-13)7-5-10-14(11)3;1-2/h2-6,11,13H,7-10H2,1H3;11H,4-10,13H2,1-3H3;1-2H3. The highest BCUT2D eigenvalue weighted by Gasteiger charge is 2.37. The largest absolute Gasteiger partial charge is 0.330 e. The first-order valence-corrected chi connectivity index (χ1v) is 12.5.